The quantitative estimate of drug-likeness (QED) is 0.776. The van der Waals surface area contributed by atoms with E-state index in [-0.39, 0.29) is 0 Å². The number of benzene rings is 1. The lowest BCUT2D eigenvalue weighted by Gasteiger charge is -2.34. The Bertz CT molecular complexity index is 406. The molecule has 0 bridgehead atoms. The monoisotopic (exact) mass is 293 g/mol. The average Bonchev–Trinajstić information content (AvgIpc) is 2.51. The molecular weight excluding hydrogens is 266 g/mol. The van der Waals surface area contributed by atoms with Gasteiger partial charge in [-0.15, -0.1) is 0 Å². The Morgan fingerprint density at radius 3 is 2.10 bits per heavy atom. The second-order valence-electron chi connectivity index (χ2n) is 5.20. The molecule has 1 heterocycles. The summed E-state index contributed by atoms with van der Waals surface area (Å²) in [5.41, 5.74) is 5.59. The molecule has 0 spiro atoms. The molecular formula is C16H27N3O2. The molecule has 0 unspecified atom stereocenters. The van der Waals surface area contributed by atoms with Crippen molar-refractivity contribution >= 4 is 0 Å². The van der Waals surface area contributed by atoms with Crippen LogP contribution >= 0.6 is 0 Å². The summed E-state index contributed by atoms with van der Waals surface area (Å²) in [4.78, 5) is 4.86. The predicted molar refractivity (Wildman–Crippen MR) is 85.0 cm³/mol. The minimum absolute atomic E-state index is 0.656. The third-order valence-corrected chi connectivity index (χ3v) is 3.72. The molecule has 1 saturated heterocycles. The molecule has 5 nitrogen and oxygen atoms in total. The summed E-state index contributed by atoms with van der Waals surface area (Å²) in [5.74, 6) is 1.66. The molecule has 0 radical (unpaired) electrons. The number of hydrogen-bond donors (Lipinski definition) is 1. The topological polar surface area (TPSA) is 51.0 Å². The van der Waals surface area contributed by atoms with Gasteiger partial charge in [-0.2, -0.15) is 0 Å². The zero-order chi connectivity index (χ0) is 14.9. The summed E-state index contributed by atoms with van der Waals surface area (Å²) in [5, 5.41) is 0. The summed E-state index contributed by atoms with van der Waals surface area (Å²) in [7, 11) is 0. The molecule has 5 heteroatoms. The van der Waals surface area contributed by atoms with Gasteiger partial charge in [0, 0.05) is 45.8 Å². The van der Waals surface area contributed by atoms with E-state index in [2.05, 4.69) is 9.80 Å². The van der Waals surface area contributed by atoms with Crippen LogP contribution in [0, 0.1) is 0 Å². The molecule has 0 aromatic heterocycles. The van der Waals surface area contributed by atoms with Crippen LogP contribution in [0.25, 0.3) is 0 Å². The SMILES string of the molecule is CCOc1ccccc1OCCN1CCN(CCN)CC1. The first-order valence-electron chi connectivity index (χ1n) is 7.83. The highest BCUT2D eigenvalue weighted by atomic mass is 16.5. The van der Waals surface area contributed by atoms with Gasteiger partial charge in [-0.1, -0.05) is 12.1 Å². The zero-order valence-electron chi connectivity index (χ0n) is 13.0. The van der Waals surface area contributed by atoms with Gasteiger partial charge in [0.05, 0.1) is 6.61 Å². The lowest BCUT2D eigenvalue weighted by atomic mass is 10.3. The van der Waals surface area contributed by atoms with Crippen molar-refractivity contribution < 1.29 is 9.47 Å². The van der Waals surface area contributed by atoms with E-state index in [0.29, 0.717) is 13.2 Å². The fourth-order valence-electron chi connectivity index (χ4n) is 2.55. The van der Waals surface area contributed by atoms with Gasteiger partial charge < -0.3 is 15.2 Å². The van der Waals surface area contributed by atoms with Gasteiger partial charge in [0.25, 0.3) is 0 Å². The Labute approximate surface area is 127 Å². The molecule has 0 saturated carbocycles. The highest BCUT2D eigenvalue weighted by Crippen LogP contribution is 2.26. The van der Waals surface area contributed by atoms with E-state index in [4.69, 9.17) is 15.2 Å². The second-order valence-corrected chi connectivity index (χ2v) is 5.20. The standard InChI is InChI=1S/C16H27N3O2/c1-2-20-15-5-3-4-6-16(15)21-14-13-19-11-9-18(8-7-17)10-12-19/h3-6H,2,7-14,17H2,1H3. The molecule has 2 rings (SSSR count). The molecule has 1 fully saturated rings. The first kappa shape index (κ1) is 16.1. The summed E-state index contributed by atoms with van der Waals surface area (Å²) in [6.07, 6.45) is 0. The van der Waals surface area contributed by atoms with Crippen molar-refractivity contribution in [2.75, 3.05) is 59.0 Å². The van der Waals surface area contributed by atoms with Crippen LogP contribution in [0.1, 0.15) is 6.92 Å². The van der Waals surface area contributed by atoms with Crippen molar-refractivity contribution in [1.82, 2.24) is 9.80 Å². The van der Waals surface area contributed by atoms with E-state index < -0.39 is 0 Å². The van der Waals surface area contributed by atoms with Crippen molar-refractivity contribution in [2.45, 2.75) is 6.92 Å². The minimum atomic E-state index is 0.656. The molecule has 1 aromatic carbocycles. The fourth-order valence-corrected chi connectivity index (χ4v) is 2.55. The third kappa shape index (κ3) is 5.19. The summed E-state index contributed by atoms with van der Waals surface area (Å²) < 4.78 is 11.4. The molecule has 1 aromatic rings. The molecule has 1 aliphatic rings. The van der Waals surface area contributed by atoms with E-state index in [9.17, 15) is 0 Å². The molecule has 118 valence electrons. The Morgan fingerprint density at radius 2 is 1.52 bits per heavy atom. The van der Waals surface area contributed by atoms with E-state index in [1.54, 1.807) is 0 Å². The molecule has 0 amide bonds. The number of nitrogens with two attached hydrogens (primary N) is 1. The van der Waals surface area contributed by atoms with Crippen LogP contribution in [-0.4, -0.2) is 68.8 Å². The smallest absolute Gasteiger partial charge is 0.161 e. The Morgan fingerprint density at radius 1 is 0.952 bits per heavy atom. The number of piperazine rings is 1. The van der Waals surface area contributed by atoms with Crippen molar-refractivity contribution in [3.8, 4) is 11.5 Å². The number of rotatable bonds is 8. The van der Waals surface area contributed by atoms with Gasteiger partial charge in [0.2, 0.25) is 0 Å². The Balaban J connectivity index is 1.70. The molecule has 2 N–H and O–H groups in total. The second kappa shape index (κ2) is 8.87. The van der Waals surface area contributed by atoms with Gasteiger partial charge in [0.1, 0.15) is 6.61 Å². The van der Waals surface area contributed by atoms with Gasteiger partial charge >= 0.3 is 0 Å². The Kier molecular flexibility index (Phi) is 6.79. The van der Waals surface area contributed by atoms with Crippen LogP contribution in [0.2, 0.25) is 0 Å². The van der Waals surface area contributed by atoms with Crippen LogP contribution < -0.4 is 15.2 Å². The van der Waals surface area contributed by atoms with E-state index in [1.807, 2.05) is 31.2 Å². The Hall–Kier alpha value is -1.30. The largest absolute Gasteiger partial charge is 0.490 e. The van der Waals surface area contributed by atoms with Crippen molar-refractivity contribution in [3.63, 3.8) is 0 Å². The van der Waals surface area contributed by atoms with Crippen molar-refractivity contribution in [1.29, 1.82) is 0 Å². The van der Waals surface area contributed by atoms with Crippen LogP contribution in [0.4, 0.5) is 0 Å². The lowest BCUT2D eigenvalue weighted by molar-refractivity contribution is 0.118. The first-order valence-corrected chi connectivity index (χ1v) is 7.83. The molecule has 21 heavy (non-hydrogen) atoms. The molecule has 0 atom stereocenters. The maximum atomic E-state index is 5.87. The molecule has 1 aliphatic heterocycles. The van der Waals surface area contributed by atoms with E-state index in [1.165, 1.54) is 0 Å². The normalized spacial score (nSPS) is 16.9. The summed E-state index contributed by atoms with van der Waals surface area (Å²) >= 11 is 0. The lowest BCUT2D eigenvalue weighted by Crippen LogP contribution is -2.48. The van der Waals surface area contributed by atoms with Crippen LogP contribution in [-0.2, 0) is 0 Å². The van der Waals surface area contributed by atoms with Gasteiger partial charge in [-0.05, 0) is 19.1 Å². The number of hydrogen-bond acceptors (Lipinski definition) is 5. The summed E-state index contributed by atoms with van der Waals surface area (Å²) in [6.45, 7) is 10.4. The number of nitrogens with zero attached hydrogens (tertiary/aromatic N) is 2. The number of para-hydroxylation sites is 2. The van der Waals surface area contributed by atoms with Gasteiger partial charge in [-0.3, -0.25) is 9.80 Å². The maximum Gasteiger partial charge on any atom is 0.161 e. The van der Waals surface area contributed by atoms with Gasteiger partial charge in [0.15, 0.2) is 11.5 Å². The highest BCUT2D eigenvalue weighted by Gasteiger charge is 2.15. The summed E-state index contributed by atoms with van der Waals surface area (Å²) in [6, 6.07) is 7.85. The molecule has 0 aliphatic carbocycles. The average molecular weight is 293 g/mol. The number of ether oxygens (including phenoxy) is 2. The highest BCUT2D eigenvalue weighted by molar-refractivity contribution is 5.39. The van der Waals surface area contributed by atoms with Crippen LogP contribution in [0.5, 0.6) is 11.5 Å². The van der Waals surface area contributed by atoms with Crippen molar-refractivity contribution in [2.24, 2.45) is 5.73 Å². The van der Waals surface area contributed by atoms with E-state index in [0.717, 1.165) is 57.3 Å². The maximum absolute atomic E-state index is 5.87. The van der Waals surface area contributed by atoms with E-state index >= 15 is 0 Å². The zero-order valence-corrected chi connectivity index (χ0v) is 13.0. The van der Waals surface area contributed by atoms with Crippen molar-refractivity contribution in [3.05, 3.63) is 24.3 Å². The minimum Gasteiger partial charge on any atom is -0.490 e. The fraction of sp³-hybridized carbons (Fsp3) is 0.625. The first-order chi connectivity index (χ1) is 10.3. The third-order valence-electron chi connectivity index (χ3n) is 3.72. The van der Waals surface area contributed by atoms with Gasteiger partial charge in [-0.25, -0.2) is 0 Å². The predicted octanol–water partition coefficient (Wildman–Crippen LogP) is 1.04. The van der Waals surface area contributed by atoms with Crippen LogP contribution in [0.15, 0.2) is 24.3 Å². The van der Waals surface area contributed by atoms with Crippen LogP contribution in [0.3, 0.4) is 0 Å².